The van der Waals surface area contributed by atoms with Crippen molar-refractivity contribution < 1.29 is 4.79 Å². The Kier molecular flexibility index (Phi) is 4.55. The van der Waals surface area contributed by atoms with Gasteiger partial charge in [-0.2, -0.15) is 0 Å². The number of piperazine rings is 1. The summed E-state index contributed by atoms with van der Waals surface area (Å²) < 4.78 is 2.20. The van der Waals surface area contributed by atoms with Crippen LogP contribution in [0.3, 0.4) is 0 Å². The highest BCUT2D eigenvalue weighted by Gasteiger charge is 2.24. The minimum Gasteiger partial charge on any atom is -0.353 e. The Morgan fingerprint density at radius 1 is 1.04 bits per heavy atom. The molecule has 5 heteroatoms. The average molecular weight is 350 g/mol. The summed E-state index contributed by atoms with van der Waals surface area (Å²) in [5, 5.41) is 1.15. The number of rotatable bonds is 4. The summed E-state index contributed by atoms with van der Waals surface area (Å²) in [4.78, 5) is 20.8. The van der Waals surface area contributed by atoms with Crippen LogP contribution >= 0.6 is 0 Å². The number of aromatic amines is 1. The zero-order valence-electron chi connectivity index (χ0n) is 15.5. The molecule has 0 spiro atoms. The van der Waals surface area contributed by atoms with Gasteiger partial charge < -0.3 is 14.5 Å². The van der Waals surface area contributed by atoms with Crippen molar-refractivity contribution in [2.45, 2.75) is 20.4 Å². The number of H-pyrrole nitrogens is 1. The largest absolute Gasteiger partial charge is 0.353 e. The Balaban J connectivity index is 1.40. The second-order valence-electron chi connectivity index (χ2n) is 7.23. The van der Waals surface area contributed by atoms with Crippen LogP contribution in [0.25, 0.3) is 10.9 Å². The molecule has 3 aromatic rings. The number of hydrogen-bond acceptors (Lipinski definition) is 2. The molecular formula is C21H26N4O. The molecule has 136 valence electrons. The van der Waals surface area contributed by atoms with E-state index >= 15 is 0 Å². The van der Waals surface area contributed by atoms with Gasteiger partial charge in [0.15, 0.2) is 0 Å². The lowest BCUT2D eigenvalue weighted by molar-refractivity contribution is 0.0627. The highest BCUT2D eigenvalue weighted by Crippen LogP contribution is 2.24. The van der Waals surface area contributed by atoms with Crippen molar-refractivity contribution in [3.63, 3.8) is 0 Å². The van der Waals surface area contributed by atoms with Crippen molar-refractivity contribution in [3.8, 4) is 0 Å². The third-order valence-electron chi connectivity index (χ3n) is 5.43. The van der Waals surface area contributed by atoms with Crippen molar-refractivity contribution in [2.75, 3.05) is 32.7 Å². The van der Waals surface area contributed by atoms with Crippen LogP contribution < -0.4 is 0 Å². The molecule has 1 N–H and O–H groups in total. The van der Waals surface area contributed by atoms with Crippen LogP contribution in [0.4, 0.5) is 0 Å². The first-order valence-corrected chi connectivity index (χ1v) is 9.33. The van der Waals surface area contributed by atoms with Crippen molar-refractivity contribution >= 4 is 16.8 Å². The zero-order valence-corrected chi connectivity index (χ0v) is 15.5. The standard InChI is InChI=1S/C21H26N4O/c1-16-5-6-19-18(15-16)17(2)20(22-19)21(26)25-13-11-24(12-14-25)10-9-23-7-3-4-8-23/h3-8,15,22H,9-14H2,1-2H3. The monoisotopic (exact) mass is 350 g/mol. The summed E-state index contributed by atoms with van der Waals surface area (Å²) in [5.41, 5.74) is 4.06. The lowest BCUT2D eigenvalue weighted by Gasteiger charge is -2.34. The van der Waals surface area contributed by atoms with E-state index in [1.807, 2.05) is 11.8 Å². The molecule has 4 rings (SSSR count). The van der Waals surface area contributed by atoms with Crippen LogP contribution in [0, 0.1) is 13.8 Å². The van der Waals surface area contributed by atoms with E-state index in [1.165, 1.54) is 5.56 Å². The third kappa shape index (κ3) is 3.27. The van der Waals surface area contributed by atoms with E-state index in [2.05, 4.69) is 64.1 Å². The molecule has 0 saturated carbocycles. The molecule has 1 saturated heterocycles. The molecule has 1 amide bonds. The maximum absolute atomic E-state index is 13.0. The fourth-order valence-corrected chi connectivity index (χ4v) is 3.76. The number of fused-ring (bicyclic) bond motifs is 1. The minimum absolute atomic E-state index is 0.126. The highest BCUT2D eigenvalue weighted by molar-refractivity contribution is 6.01. The summed E-state index contributed by atoms with van der Waals surface area (Å²) >= 11 is 0. The molecule has 0 atom stereocenters. The van der Waals surface area contributed by atoms with E-state index in [9.17, 15) is 4.79 Å². The SMILES string of the molecule is Cc1ccc2[nH]c(C(=O)N3CCN(CCn4cccc4)CC3)c(C)c2c1. The van der Waals surface area contributed by atoms with Gasteiger partial charge in [-0.3, -0.25) is 9.69 Å². The van der Waals surface area contributed by atoms with E-state index in [-0.39, 0.29) is 5.91 Å². The van der Waals surface area contributed by atoms with Crippen LogP contribution in [0.15, 0.2) is 42.7 Å². The number of carbonyl (C=O) groups is 1. The number of benzene rings is 1. The average Bonchev–Trinajstić information content (AvgIpc) is 3.28. The van der Waals surface area contributed by atoms with Gasteiger partial charge in [-0.15, -0.1) is 0 Å². The van der Waals surface area contributed by atoms with Crippen molar-refractivity contribution in [2.24, 2.45) is 0 Å². The number of nitrogens with one attached hydrogen (secondary N) is 1. The van der Waals surface area contributed by atoms with Gasteiger partial charge in [-0.25, -0.2) is 0 Å². The van der Waals surface area contributed by atoms with Crippen LogP contribution in [-0.4, -0.2) is 58.0 Å². The molecule has 3 heterocycles. The first kappa shape index (κ1) is 16.9. The number of aromatic nitrogens is 2. The summed E-state index contributed by atoms with van der Waals surface area (Å²) in [7, 11) is 0. The normalized spacial score (nSPS) is 15.7. The molecule has 0 aliphatic carbocycles. The maximum atomic E-state index is 13.0. The Labute approximate surface area is 154 Å². The van der Waals surface area contributed by atoms with Crippen molar-refractivity contribution in [3.05, 3.63) is 59.5 Å². The molecule has 5 nitrogen and oxygen atoms in total. The van der Waals surface area contributed by atoms with Crippen molar-refractivity contribution in [1.82, 2.24) is 19.4 Å². The van der Waals surface area contributed by atoms with Gasteiger partial charge in [0.1, 0.15) is 5.69 Å². The second kappa shape index (κ2) is 7.00. The van der Waals surface area contributed by atoms with Crippen molar-refractivity contribution in [1.29, 1.82) is 0 Å². The molecule has 0 unspecified atom stereocenters. The number of hydrogen-bond donors (Lipinski definition) is 1. The van der Waals surface area contributed by atoms with Gasteiger partial charge in [-0.1, -0.05) is 11.6 Å². The first-order valence-electron chi connectivity index (χ1n) is 9.33. The first-order chi connectivity index (χ1) is 12.6. The van der Waals surface area contributed by atoms with E-state index in [1.54, 1.807) is 0 Å². The number of aryl methyl sites for hydroxylation is 2. The summed E-state index contributed by atoms with van der Waals surface area (Å²) in [6, 6.07) is 10.4. The molecule has 1 aromatic carbocycles. The zero-order chi connectivity index (χ0) is 18.1. The molecule has 2 aromatic heterocycles. The van der Waals surface area contributed by atoms with Gasteiger partial charge in [0, 0.05) is 62.6 Å². The Morgan fingerprint density at radius 3 is 2.50 bits per heavy atom. The van der Waals surface area contributed by atoms with Crippen LogP contribution in [0.1, 0.15) is 21.6 Å². The number of amides is 1. The van der Waals surface area contributed by atoms with Crippen LogP contribution in [0.5, 0.6) is 0 Å². The summed E-state index contributed by atoms with van der Waals surface area (Å²) in [5.74, 6) is 0.126. The van der Waals surface area contributed by atoms with E-state index in [0.717, 1.165) is 61.4 Å². The van der Waals surface area contributed by atoms with Crippen LogP contribution in [-0.2, 0) is 6.54 Å². The summed E-state index contributed by atoms with van der Waals surface area (Å²) in [6.07, 6.45) is 4.19. The summed E-state index contributed by atoms with van der Waals surface area (Å²) in [6.45, 7) is 9.61. The van der Waals surface area contributed by atoms with Gasteiger partial charge in [0.2, 0.25) is 0 Å². The maximum Gasteiger partial charge on any atom is 0.270 e. The molecule has 1 fully saturated rings. The molecule has 1 aliphatic rings. The highest BCUT2D eigenvalue weighted by atomic mass is 16.2. The third-order valence-corrected chi connectivity index (χ3v) is 5.43. The van der Waals surface area contributed by atoms with E-state index in [4.69, 9.17) is 0 Å². The second-order valence-corrected chi connectivity index (χ2v) is 7.23. The van der Waals surface area contributed by atoms with Crippen LogP contribution in [0.2, 0.25) is 0 Å². The Bertz CT molecular complexity index is 902. The molecule has 0 bridgehead atoms. The van der Waals surface area contributed by atoms with E-state index in [0.29, 0.717) is 0 Å². The molecule has 1 aliphatic heterocycles. The van der Waals surface area contributed by atoms with Gasteiger partial charge in [0.05, 0.1) is 0 Å². The Morgan fingerprint density at radius 2 is 1.77 bits per heavy atom. The number of nitrogens with zero attached hydrogens (tertiary/aromatic N) is 3. The smallest absolute Gasteiger partial charge is 0.270 e. The predicted molar refractivity (Wildman–Crippen MR) is 105 cm³/mol. The Hall–Kier alpha value is -2.53. The molecular weight excluding hydrogens is 324 g/mol. The fourth-order valence-electron chi connectivity index (χ4n) is 3.76. The predicted octanol–water partition coefficient (Wildman–Crippen LogP) is 3.04. The van der Waals surface area contributed by atoms with Gasteiger partial charge in [0.25, 0.3) is 5.91 Å². The lowest BCUT2D eigenvalue weighted by Crippen LogP contribution is -2.49. The number of carbonyl (C=O) groups excluding carboxylic acids is 1. The lowest BCUT2D eigenvalue weighted by atomic mass is 10.1. The molecule has 26 heavy (non-hydrogen) atoms. The van der Waals surface area contributed by atoms with Gasteiger partial charge >= 0.3 is 0 Å². The van der Waals surface area contributed by atoms with E-state index < -0.39 is 0 Å². The quantitative estimate of drug-likeness (QED) is 0.786. The fraction of sp³-hybridized carbons (Fsp3) is 0.381. The topological polar surface area (TPSA) is 44.3 Å². The van der Waals surface area contributed by atoms with Gasteiger partial charge in [-0.05, 0) is 43.7 Å². The minimum atomic E-state index is 0.126. The molecule has 0 radical (unpaired) electrons.